The zero-order chi connectivity index (χ0) is 47.6. The highest BCUT2D eigenvalue weighted by molar-refractivity contribution is 5.89. The van der Waals surface area contributed by atoms with E-state index in [0.717, 1.165) is 101 Å². The number of aromatic amines is 2. The van der Waals surface area contributed by atoms with Crippen LogP contribution in [0.5, 0.6) is 0 Å². The van der Waals surface area contributed by atoms with Crippen molar-refractivity contribution < 1.29 is 28.7 Å². The van der Waals surface area contributed by atoms with Gasteiger partial charge in [-0.1, -0.05) is 89.6 Å². The second-order valence-corrected chi connectivity index (χ2v) is 21.2. The Labute approximate surface area is 398 Å². The van der Waals surface area contributed by atoms with Gasteiger partial charge >= 0.3 is 12.2 Å². The molecule has 2 aromatic heterocycles. The molecule has 4 aliphatic carbocycles. The number of nitrogens with one attached hydrogen (secondary N) is 4. The lowest BCUT2D eigenvalue weighted by molar-refractivity contribution is -0.137. The number of amides is 4. The van der Waals surface area contributed by atoms with Crippen molar-refractivity contribution in [3.8, 4) is 11.3 Å². The van der Waals surface area contributed by atoms with Crippen molar-refractivity contribution in [3.63, 3.8) is 0 Å². The Balaban J connectivity index is 0.901. The maximum absolute atomic E-state index is 14.1. The van der Waals surface area contributed by atoms with Gasteiger partial charge in [-0.15, -0.1) is 0 Å². The van der Waals surface area contributed by atoms with Gasteiger partial charge in [0.2, 0.25) is 11.8 Å². The molecule has 3 saturated carbocycles. The number of carbonyl (C=O) groups is 4. The van der Waals surface area contributed by atoms with E-state index in [1.807, 2.05) is 43.7 Å². The lowest BCUT2D eigenvalue weighted by Gasteiger charge is -2.31. The van der Waals surface area contributed by atoms with E-state index in [1.54, 1.807) is 0 Å². The molecule has 68 heavy (non-hydrogen) atoms. The fraction of sp³-hybridized carbons (Fsp3) is 0.519. The number of aromatic nitrogens is 4. The van der Waals surface area contributed by atoms with Crippen molar-refractivity contribution in [1.82, 2.24) is 40.4 Å². The maximum atomic E-state index is 14.1. The van der Waals surface area contributed by atoms with E-state index in [4.69, 9.17) is 26.0 Å². The number of ether oxygens (including phenoxy) is 2. The number of benzene rings is 2. The minimum Gasteiger partial charge on any atom is -0.453 e. The third-order valence-electron chi connectivity index (χ3n) is 16.1. The Morgan fingerprint density at radius 3 is 1.90 bits per heavy atom. The Hall–Kier alpha value is -6.18. The fourth-order valence-corrected chi connectivity index (χ4v) is 12.1. The van der Waals surface area contributed by atoms with E-state index >= 15 is 0 Å². The summed E-state index contributed by atoms with van der Waals surface area (Å²) in [7, 11) is 2.63. The first-order valence-corrected chi connectivity index (χ1v) is 24.8. The Morgan fingerprint density at radius 2 is 1.31 bits per heavy atom. The Kier molecular flexibility index (Phi) is 12.1. The van der Waals surface area contributed by atoms with Gasteiger partial charge in [0.15, 0.2) is 0 Å². The number of allylic oxidation sites excluding steroid dienone is 5. The third-order valence-corrected chi connectivity index (χ3v) is 16.1. The molecule has 8 atom stereocenters. The largest absolute Gasteiger partial charge is 0.453 e. The average molecular weight is 923 g/mol. The summed E-state index contributed by atoms with van der Waals surface area (Å²) >= 11 is 0. The van der Waals surface area contributed by atoms with Crippen LogP contribution in [0.3, 0.4) is 0 Å². The first-order valence-electron chi connectivity index (χ1n) is 24.8. The van der Waals surface area contributed by atoms with Gasteiger partial charge < -0.3 is 39.9 Å². The van der Waals surface area contributed by atoms with Crippen LogP contribution in [0.2, 0.25) is 0 Å². The van der Waals surface area contributed by atoms with Crippen LogP contribution in [0.1, 0.15) is 133 Å². The third kappa shape index (κ3) is 8.63. The number of alkyl carbamates (subject to hydrolysis) is 2. The molecule has 14 nitrogen and oxygen atoms in total. The highest BCUT2D eigenvalue weighted by Crippen LogP contribution is 2.55. The Bertz CT molecular complexity index is 2690. The highest BCUT2D eigenvalue weighted by Gasteiger charge is 2.57. The van der Waals surface area contributed by atoms with Gasteiger partial charge in [-0.05, 0) is 132 Å². The molecule has 14 heteroatoms. The SMILES string of the molecule is C=C1CC2(CCCC2)CC/C(c2ccc3nc([C@@H]4CC5CC5N4C(=O)[C@@H](NC(=O)OC)C(C)C)[nH]c3c2)=C\C=C/1c1ccc(-c2cnc([C@@H]3CC4CC4N3C(=O)[C@@H](NC(=O)OC)C(C)C)[nH]2)cc1. The second-order valence-electron chi connectivity index (χ2n) is 21.2. The van der Waals surface area contributed by atoms with Crippen molar-refractivity contribution in [2.24, 2.45) is 29.1 Å². The van der Waals surface area contributed by atoms with E-state index in [0.29, 0.717) is 11.8 Å². The van der Waals surface area contributed by atoms with Crippen LogP contribution in [-0.4, -0.2) is 92.1 Å². The molecule has 0 radical (unpaired) electrons. The number of methoxy groups -OCH3 is 2. The van der Waals surface area contributed by atoms with Crippen LogP contribution in [0.25, 0.3) is 33.4 Å². The monoisotopic (exact) mass is 923 g/mol. The van der Waals surface area contributed by atoms with Crippen molar-refractivity contribution >= 4 is 46.2 Å². The number of H-pyrrole nitrogens is 2. The number of fused-ring (bicyclic) bond motifs is 3. The van der Waals surface area contributed by atoms with E-state index in [-0.39, 0.29) is 53.2 Å². The first kappa shape index (κ1) is 45.6. The Morgan fingerprint density at radius 1 is 0.735 bits per heavy atom. The van der Waals surface area contributed by atoms with Gasteiger partial charge in [0.1, 0.15) is 23.7 Å². The van der Waals surface area contributed by atoms with Gasteiger partial charge in [0.05, 0.1) is 49.2 Å². The molecular weight excluding hydrogens is 857 g/mol. The molecule has 2 aromatic carbocycles. The summed E-state index contributed by atoms with van der Waals surface area (Å²) in [5.74, 6) is 2.05. The van der Waals surface area contributed by atoms with Crippen LogP contribution in [0.4, 0.5) is 9.59 Å². The minimum absolute atomic E-state index is 0.0858. The number of nitrogens with zero attached hydrogens (tertiary/aromatic N) is 4. The zero-order valence-electron chi connectivity index (χ0n) is 40.3. The maximum Gasteiger partial charge on any atom is 0.407 e. The predicted molar refractivity (Wildman–Crippen MR) is 260 cm³/mol. The van der Waals surface area contributed by atoms with E-state index in [2.05, 4.69) is 75.2 Å². The number of rotatable bonds is 11. The van der Waals surface area contributed by atoms with Crippen LogP contribution >= 0.6 is 0 Å². The van der Waals surface area contributed by atoms with Crippen LogP contribution in [-0.2, 0) is 19.1 Å². The number of hydrogen-bond donors (Lipinski definition) is 4. The molecule has 0 bridgehead atoms. The lowest BCUT2D eigenvalue weighted by atomic mass is 9.74. The molecule has 2 aliphatic heterocycles. The van der Waals surface area contributed by atoms with Crippen LogP contribution in [0.15, 0.2) is 73.0 Å². The van der Waals surface area contributed by atoms with Gasteiger partial charge in [-0.25, -0.2) is 19.6 Å². The summed E-state index contributed by atoms with van der Waals surface area (Å²) in [5, 5.41) is 5.55. The molecule has 4 unspecified atom stereocenters. The molecule has 2 saturated heterocycles. The van der Waals surface area contributed by atoms with Crippen molar-refractivity contribution in [2.45, 2.75) is 135 Å². The molecule has 4 N–H and O–H groups in total. The quantitative estimate of drug-likeness (QED) is 0.115. The molecule has 4 heterocycles. The first-order chi connectivity index (χ1) is 32.7. The molecule has 4 amide bonds. The standard InChI is InChI=1S/C54H66N8O6/c1-29(2)46(59-52(65)67-6)50(63)61-42-23-36(42)25-44(61)48-55-28-41(58-48)34-12-10-33(11-13-34)38-16-14-32(18-21-54(27-31(38)5)19-8-9-20-54)35-15-17-39-40(22-35)57-49(56-39)45-26-37-24-43(37)62(45)51(64)47(30(3)4)60-53(66)68-7/h10-17,22,28-30,36-37,42-47H,5,8-9,18-21,23-27H2,1-4,6-7H3,(H,55,58)(H,56,57)(H,59,65)(H,60,66)/b32-14+,38-16+/t36?,37?,42?,43?,44-,45-,46-,47-/m0/s1. The van der Waals surface area contributed by atoms with Gasteiger partial charge in [-0.3, -0.25) is 9.59 Å². The summed E-state index contributed by atoms with van der Waals surface area (Å²) in [6.07, 6.45) is 16.7. The molecule has 1 spiro atoms. The molecule has 5 fully saturated rings. The van der Waals surface area contributed by atoms with Crippen LogP contribution < -0.4 is 10.6 Å². The normalized spacial score (nSPS) is 27.3. The van der Waals surface area contributed by atoms with E-state index in [1.165, 1.54) is 45.5 Å². The topological polar surface area (TPSA) is 175 Å². The lowest BCUT2D eigenvalue weighted by Crippen LogP contribution is -2.52. The second kappa shape index (κ2) is 18.0. The van der Waals surface area contributed by atoms with Gasteiger partial charge in [0, 0.05) is 12.1 Å². The van der Waals surface area contributed by atoms with Crippen molar-refractivity contribution in [3.05, 3.63) is 95.7 Å². The number of imidazole rings is 2. The highest BCUT2D eigenvalue weighted by atomic mass is 16.5. The number of likely N-dealkylation sites (tertiary alicyclic amines) is 2. The summed E-state index contributed by atoms with van der Waals surface area (Å²) < 4.78 is 9.71. The molecular formula is C54H66N8O6. The smallest absolute Gasteiger partial charge is 0.407 e. The molecule has 4 aromatic rings. The fourth-order valence-electron chi connectivity index (χ4n) is 12.1. The summed E-state index contributed by atoms with van der Waals surface area (Å²) in [4.78, 5) is 73.5. The van der Waals surface area contributed by atoms with Crippen LogP contribution in [0, 0.1) is 29.1 Å². The molecule has 10 rings (SSSR count). The van der Waals surface area contributed by atoms with Crippen molar-refractivity contribution in [2.75, 3.05) is 14.2 Å². The summed E-state index contributed by atoms with van der Waals surface area (Å²) in [6.45, 7) is 12.5. The van der Waals surface area contributed by atoms with Gasteiger partial charge in [-0.2, -0.15) is 0 Å². The number of hydrogen-bond acceptors (Lipinski definition) is 8. The van der Waals surface area contributed by atoms with Crippen molar-refractivity contribution in [1.29, 1.82) is 0 Å². The number of piperidine rings is 2. The molecule has 358 valence electrons. The van der Waals surface area contributed by atoms with E-state index < -0.39 is 24.3 Å². The van der Waals surface area contributed by atoms with E-state index in [9.17, 15) is 19.2 Å². The summed E-state index contributed by atoms with van der Waals surface area (Å²) in [6, 6.07) is 13.7. The van der Waals surface area contributed by atoms with Gasteiger partial charge in [0.25, 0.3) is 0 Å². The number of carbonyl (C=O) groups excluding carboxylic acids is 4. The minimum atomic E-state index is -0.683. The molecule has 6 aliphatic rings. The zero-order valence-corrected chi connectivity index (χ0v) is 40.3. The predicted octanol–water partition coefficient (Wildman–Crippen LogP) is 9.81. The summed E-state index contributed by atoms with van der Waals surface area (Å²) in [5.41, 5.74) is 9.75. The average Bonchev–Trinajstić information content (AvgIpc) is 3.79.